The number of halogens is 3. The van der Waals surface area contributed by atoms with Gasteiger partial charge in [0.2, 0.25) is 5.91 Å². The molecule has 1 unspecified atom stereocenters. The van der Waals surface area contributed by atoms with Crippen molar-refractivity contribution < 1.29 is 23.1 Å². The zero-order valence-electron chi connectivity index (χ0n) is 21.7. The van der Waals surface area contributed by atoms with E-state index in [4.69, 9.17) is 10.8 Å². The summed E-state index contributed by atoms with van der Waals surface area (Å²) < 4.78 is 38.1. The average molecular weight is 521 g/mol. The van der Waals surface area contributed by atoms with E-state index in [0.717, 1.165) is 51.3 Å². The number of hydrogen-bond donors (Lipinski definition) is 3. The van der Waals surface area contributed by atoms with Gasteiger partial charge in [-0.05, 0) is 56.5 Å². The van der Waals surface area contributed by atoms with Crippen molar-refractivity contribution in [3.05, 3.63) is 53.6 Å². The quantitative estimate of drug-likeness (QED) is 0.457. The number of carbonyl (C=O) groups excluding carboxylic acids is 1. The van der Waals surface area contributed by atoms with Crippen LogP contribution in [0, 0.1) is 6.92 Å². The normalized spacial score (nSPS) is 18.7. The fourth-order valence-electron chi connectivity index (χ4n) is 4.99. The van der Waals surface area contributed by atoms with Crippen molar-refractivity contribution in [1.82, 2.24) is 4.90 Å². The topological polar surface area (TPSA) is 81.8 Å². The molecule has 6 nitrogen and oxygen atoms in total. The number of piperazine rings is 1. The van der Waals surface area contributed by atoms with E-state index in [1.807, 2.05) is 4.90 Å². The molecule has 1 aliphatic heterocycles. The number of amides is 1. The summed E-state index contributed by atoms with van der Waals surface area (Å²) in [5, 5.41) is 12.2. The molecule has 0 bridgehead atoms. The van der Waals surface area contributed by atoms with E-state index < -0.39 is 11.7 Å². The van der Waals surface area contributed by atoms with Gasteiger partial charge in [-0.15, -0.1) is 0 Å². The molecule has 204 valence electrons. The minimum Gasteiger partial charge on any atom is -0.398 e. The van der Waals surface area contributed by atoms with Crippen LogP contribution < -0.4 is 16.0 Å². The summed E-state index contributed by atoms with van der Waals surface area (Å²) in [6.07, 6.45) is 2.05. The van der Waals surface area contributed by atoms with Crippen LogP contribution >= 0.6 is 0 Å². The maximum Gasteiger partial charge on any atom is 0.418 e. The van der Waals surface area contributed by atoms with Crippen LogP contribution in [0.3, 0.4) is 0 Å². The van der Waals surface area contributed by atoms with Crippen molar-refractivity contribution in [3.8, 4) is 0 Å². The van der Waals surface area contributed by atoms with Crippen LogP contribution in [0.1, 0.15) is 56.6 Å². The number of rotatable bonds is 5. The van der Waals surface area contributed by atoms with E-state index in [1.165, 1.54) is 23.7 Å². The van der Waals surface area contributed by atoms with Gasteiger partial charge in [-0.25, -0.2) is 0 Å². The number of anilines is 3. The average Bonchev–Trinajstić information content (AvgIpc) is 2.90. The Balaban J connectivity index is 0.000000206. The first-order valence-corrected chi connectivity index (χ1v) is 13.1. The van der Waals surface area contributed by atoms with Gasteiger partial charge in [0.05, 0.1) is 5.56 Å². The highest BCUT2D eigenvalue weighted by Crippen LogP contribution is 2.35. The molecule has 0 aromatic heterocycles. The number of hydrogen-bond acceptors (Lipinski definition) is 5. The largest absolute Gasteiger partial charge is 0.418 e. The molecular weight excluding hydrogens is 481 g/mol. The highest BCUT2D eigenvalue weighted by atomic mass is 19.4. The molecule has 1 atom stereocenters. The first-order chi connectivity index (χ1) is 17.6. The van der Waals surface area contributed by atoms with Gasteiger partial charge < -0.3 is 26.0 Å². The van der Waals surface area contributed by atoms with Crippen molar-refractivity contribution in [2.45, 2.75) is 70.6 Å². The molecule has 2 aromatic rings. The maximum absolute atomic E-state index is 12.7. The molecule has 0 spiro atoms. The molecule has 2 aromatic carbocycles. The first kappa shape index (κ1) is 28.6. The number of nitrogens with two attached hydrogens (primary N) is 1. The smallest absolute Gasteiger partial charge is 0.398 e. The van der Waals surface area contributed by atoms with E-state index in [1.54, 1.807) is 6.07 Å². The Morgan fingerprint density at radius 2 is 1.76 bits per heavy atom. The molecule has 1 saturated carbocycles. The van der Waals surface area contributed by atoms with Crippen molar-refractivity contribution in [1.29, 1.82) is 0 Å². The Hall–Kier alpha value is -2.94. The van der Waals surface area contributed by atoms with Gasteiger partial charge in [-0.2, -0.15) is 13.2 Å². The minimum absolute atomic E-state index is 0.157. The fraction of sp³-hybridized carbons (Fsp3) is 0.536. The Morgan fingerprint density at radius 1 is 1.08 bits per heavy atom. The van der Waals surface area contributed by atoms with Crippen LogP contribution in [0.5, 0.6) is 0 Å². The Morgan fingerprint density at radius 3 is 2.35 bits per heavy atom. The van der Waals surface area contributed by atoms with E-state index >= 15 is 0 Å². The van der Waals surface area contributed by atoms with Crippen LogP contribution in [0.4, 0.5) is 30.2 Å². The molecule has 37 heavy (non-hydrogen) atoms. The number of alkyl halides is 3. The van der Waals surface area contributed by atoms with E-state index in [9.17, 15) is 18.0 Å². The number of aliphatic hydroxyl groups is 1. The monoisotopic (exact) mass is 520 g/mol. The summed E-state index contributed by atoms with van der Waals surface area (Å²) in [6.45, 7) is 6.13. The molecule has 1 heterocycles. The number of benzene rings is 2. The van der Waals surface area contributed by atoms with Gasteiger partial charge in [0.25, 0.3) is 0 Å². The van der Waals surface area contributed by atoms with E-state index in [0.29, 0.717) is 12.2 Å². The molecule has 2 fully saturated rings. The third-order valence-corrected chi connectivity index (χ3v) is 7.14. The van der Waals surface area contributed by atoms with Crippen LogP contribution in [0.15, 0.2) is 42.5 Å². The summed E-state index contributed by atoms with van der Waals surface area (Å²) in [4.78, 5) is 15.8. The highest BCUT2D eigenvalue weighted by molar-refractivity contribution is 5.78. The van der Waals surface area contributed by atoms with Crippen molar-refractivity contribution in [2.24, 2.45) is 0 Å². The van der Waals surface area contributed by atoms with Gasteiger partial charge in [-0.3, -0.25) is 4.79 Å². The third-order valence-electron chi connectivity index (χ3n) is 7.14. The van der Waals surface area contributed by atoms with Crippen molar-refractivity contribution >= 4 is 23.0 Å². The Bertz CT molecular complexity index is 1010. The van der Waals surface area contributed by atoms with Gasteiger partial charge in [-0.1, -0.05) is 43.9 Å². The van der Waals surface area contributed by atoms with Gasteiger partial charge in [0.1, 0.15) is 6.61 Å². The number of nitrogen functional groups attached to an aromatic ring is 1. The second-order valence-electron chi connectivity index (χ2n) is 9.87. The van der Waals surface area contributed by atoms with Crippen LogP contribution in [0.2, 0.25) is 0 Å². The third kappa shape index (κ3) is 8.02. The summed E-state index contributed by atoms with van der Waals surface area (Å²) in [7, 11) is 0. The molecule has 2 aliphatic rings. The zero-order valence-corrected chi connectivity index (χ0v) is 21.7. The van der Waals surface area contributed by atoms with E-state index in [2.05, 4.69) is 48.3 Å². The first-order valence-electron chi connectivity index (χ1n) is 13.1. The molecule has 1 aliphatic carbocycles. The van der Waals surface area contributed by atoms with Gasteiger partial charge in [0.15, 0.2) is 0 Å². The standard InChI is InChI=1S/C15H22N2O2.C13H17F3N2/c1-3-13-10-16(8-9-17(13)15(19)11-18)14-6-4-12(2)5-7-14;14-13(15,16)11-8-10(6-7-12(11)17)18-9-4-2-1-3-5-9/h4-7,13,18H,3,8-11H2,1-2H3;6-9,18H,1-5,17H2. The highest BCUT2D eigenvalue weighted by Gasteiger charge is 2.33. The number of carbonyl (C=O) groups is 1. The van der Waals surface area contributed by atoms with Gasteiger partial charge >= 0.3 is 6.18 Å². The summed E-state index contributed by atoms with van der Waals surface area (Å²) in [6, 6.07) is 13.0. The molecule has 1 amide bonds. The second-order valence-corrected chi connectivity index (χ2v) is 9.87. The summed E-state index contributed by atoms with van der Waals surface area (Å²) in [5.74, 6) is -0.157. The number of nitrogens with zero attached hydrogens (tertiary/aromatic N) is 2. The van der Waals surface area contributed by atoms with Crippen LogP contribution in [-0.2, 0) is 11.0 Å². The summed E-state index contributed by atoms with van der Waals surface area (Å²) in [5.41, 5.74) is 7.34. The summed E-state index contributed by atoms with van der Waals surface area (Å²) >= 11 is 0. The number of aliphatic hydroxyl groups excluding tert-OH is 1. The van der Waals surface area contributed by atoms with Crippen molar-refractivity contribution in [3.63, 3.8) is 0 Å². The lowest BCUT2D eigenvalue weighted by Gasteiger charge is -2.42. The SMILES string of the molecule is CCC1CN(c2ccc(C)cc2)CCN1C(=O)CO.Nc1ccc(NC2CCCCC2)cc1C(F)(F)F. The van der Waals surface area contributed by atoms with Crippen molar-refractivity contribution in [2.75, 3.05) is 42.2 Å². The van der Waals surface area contributed by atoms with Crippen LogP contribution in [0.25, 0.3) is 0 Å². The molecular formula is C28H39F3N4O2. The molecule has 1 saturated heterocycles. The molecule has 4 N–H and O–H groups in total. The number of aryl methyl sites for hydroxylation is 1. The molecule has 9 heteroatoms. The lowest BCUT2D eigenvalue weighted by molar-refractivity contribution is -0.137. The predicted octanol–water partition coefficient (Wildman–Crippen LogP) is 5.45. The van der Waals surface area contributed by atoms with E-state index in [-0.39, 0.29) is 30.3 Å². The maximum atomic E-state index is 12.7. The minimum atomic E-state index is -4.39. The Kier molecular flexibility index (Phi) is 10.1. The van der Waals surface area contributed by atoms with Crippen LogP contribution in [-0.4, -0.2) is 54.2 Å². The molecule has 0 radical (unpaired) electrons. The predicted molar refractivity (Wildman–Crippen MR) is 143 cm³/mol. The lowest BCUT2D eigenvalue weighted by Crippen LogP contribution is -2.55. The second kappa shape index (κ2) is 13.0. The Labute approximate surface area is 217 Å². The fourth-order valence-corrected chi connectivity index (χ4v) is 4.99. The zero-order chi connectivity index (χ0) is 27.0. The number of nitrogens with one attached hydrogen (secondary N) is 1. The lowest BCUT2D eigenvalue weighted by atomic mass is 9.95. The van der Waals surface area contributed by atoms with Gasteiger partial charge in [0, 0.05) is 48.8 Å². The molecule has 4 rings (SSSR count).